The number of hydrogen-bond donors (Lipinski definition) is 1. The third kappa shape index (κ3) is 6.16. The van der Waals surface area contributed by atoms with Gasteiger partial charge < -0.3 is 10.2 Å². The first-order chi connectivity index (χ1) is 15.6. The van der Waals surface area contributed by atoms with Gasteiger partial charge >= 0.3 is 0 Å². The van der Waals surface area contributed by atoms with Crippen LogP contribution >= 0.6 is 0 Å². The van der Waals surface area contributed by atoms with Crippen LogP contribution in [0.1, 0.15) is 48.0 Å². The summed E-state index contributed by atoms with van der Waals surface area (Å²) >= 11 is 0. The number of halogens is 1. The summed E-state index contributed by atoms with van der Waals surface area (Å²) in [7, 11) is 0. The Balaban J connectivity index is 1.14. The normalized spacial score (nSPS) is 19.8. The number of nitrogens with zero attached hydrogens (tertiary/aromatic N) is 2. The predicted octanol–water partition coefficient (Wildman–Crippen LogP) is 3.85. The molecule has 0 aliphatic carbocycles. The van der Waals surface area contributed by atoms with Crippen molar-refractivity contribution >= 4 is 11.8 Å². The smallest absolute Gasteiger partial charge is 0.253 e. The third-order valence-electron chi connectivity index (χ3n) is 6.64. The number of likely N-dealkylation sites (tertiary alicyclic amines) is 2. The zero-order valence-corrected chi connectivity index (χ0v) is 18.5. The van der Waals surface area contributed by atoms with E-state index < -0.39 is 0 Å². The highest BCUT2D eigenvalue weighted by Crippen LogP contribution is 2.23. The van der Waals surface area contributed by atoms with Crippen LogP contribution in [-0.4, -0.2) is 53.8 Å². The minimum absolute atomic E-state index is 0.109. The van der Waals surface area contributed by atoms with Crippen molar-refractivity contribution in [1.82, 2.24) is 15.1 Å². The summed E-state index contributed by atoms with van der Waals surface area (Å²) < 4.78 is 13.4. The monoisotopic (exact) mass is 437 g/mol. The molecule has 2 fully saturated rings. The van der Waals surface area contributed by atoms with Gasteiger partial charge in [0.05, 0.1) is 0 Å². The van der Waals surface area contributed by atoms with Crippen molar-refractivity contribution < 1.29 is 14.0 Å². The number of carbonyl (C=O) groups excluding carboxylic acids is 2. The largest absolute Gasteiger partial charge is 0.352 e. The summed E-state index contributed by atoms with van der Waals surface area (Å²) in [4.78, 5) is 29.2. The molecule has 4 rings (SSSR count). The fraction of sp³-hybridized carbons (Fsp3) is 0.462. The Hall–Kier alpha value is -2.73. The number of carbonyl (C=O) groups is 2. The molecule has 0 saturated carbocycles. The summed E-state index contributed by atoms with van der Waals surface area (Å²) in [5.74, 6) is 0.0921. The molecule has 170 valence electrons. The van der Waals surface area contributed by atoms with E-state index >= 15 is 0 Å². The SMILES string of the molecule is O=C(CCC1CCN(C(=O)c2cccc(F)c2)CC1)N[C@H]1CCN(Cc2ccccc2)C1. The van der Waals surface area contributed by atoms with E-state index in [9.17, 15) is 14.0 Å². The molecular weight excluding hydrogens is 405 g/mol. The molecule has 2 aromatic carbocycles. The molecule has 2 amide bonds. The lowest BCUT2D eigenvalue weighted by atomic mass is 9.91. The Morgan fingerprint density at radius 2 is 1.75 bits per heavy atom. The number of hydrogen-bond acceptors (Lipinski definition) is 3. The van der Waals surface area contributed by atoms with Crippen LogP contribution in [0.25, 0.3) is 0 Å². The quantitative estimate of drug-likeness (QED) is 0.716. The van der Waals surface area contributed by atoms with Crippen LogP contribution in [0.2, 0.25) is 0 Å². The fourth-order valence-electron chi connectivity index (χ4n) is 4.80. The van der Waals surface area contributed by atoms with Gasteiger partial charge in [0.25, 0.3) is 5.91 Å². The first-order valence-electron chi connectivity index (χ1n) is 11.7. The fourth-order valence-corrected chi connectivity index (χ4v) is 4.80. The van der Waals surface area contributed by atoms with E-state index in [1.54, 1.807) is 17.0 Å². The standard InChI is InChI=1S/C26H32FN3O2/c27-23-8-4-7-22(17-23)26(32)30-15-11-20(12-16-30)9-10-25(31)28-24-13-14-29(19-24)18-21-5-2-1-3-6-21/h1-8,17,20,24H,9-16,18-19H2,(H,28,31)/t24-/m0/s1. The maximum atomic E-state index is 13.4. The second kappa shape index (κ2) is 10.7. The van der Waals surface area contributed by atoms with Gasteiger partial charge in [0.15, 0.2) is 0 Å². The molecule has 1 N–H and O–H groups in total. The van der Waals surface area contributed by atoms with Crippen LogP contribution in [0, 0.1) is 11.7 Å². The first kappa shape index (κ1) is 22.5. The van der Waals surface area contributed by atoms with E-state index in [4.69, 9.17) is 0 Å². The average molecular weight is 438 g/mol. The molecule has 0 bridgehead atoms. The van der Waals surface area contributed by atoms with Gasteiger partial charge in [0, 0.05) is 50.7 Å². The summed E-state index contributed by atoms with van der Waals surface area (Å²) in [6.07, 6.45) is 4.18. The zero-order chi connectivity index (χ0) is 22.3. The van der Waals surface area contributed by atoms with Crippen LogP contribution in [0.15, 0.2) is 54.6 Å². The maximum absolute atomic E-state index is 13.4. The molecule has 32 heavy (non-hydrogen) atoms. The molecule has 0 aromatic heterocycles. The van der Waals surface area contributed by atoms with Gasteiger partial charge in [-0.05, 0) is 55.4 Å². The molecule has 0 radical (unpaired) electrons. The maximum Gasteiger partial charge on any atom is 0.253 e. The third-order valence-corrected chi connectivity index (χ3v) is 6.64. The molecule has 5 nitrogen and oxygen atoms in total. The van der Waals surface area contributed by atoms with E-state index in [1.165, 1.54) is 17.7 Å². The Bertz CT molecular complexity index is 912. The Labute approximate surface area is 189 Å². The number of rotatable bonds is 7. The van der Waals surface area contributed by atoms with Crippen molar-refractivity contribution in [2.75, 3.05) is 26.2 Å². The topological polar surface area (TPSA) is 52.7 Å². The van der Waals surface area contributed by atoms with Crippen LogP contribution in [0.3, 0.4) is 0 Å². The van der Waals surface area contributed by atoms with Gasteiger partial charge in [-0.15, -0.1) is 0 Å². The number of amides is 2. The van der Waals surface area contributed by atoms with E-state index in [-0.39, 0.29) is 23.7 Å². The molecule has 2 heterocycles. The number of piperidine rings is 1. The van der Waals surface area contributed by atoms with E-state index in [0.29, 0.717) is 31.0 Å². The lowest BCUT2D eigenvalue weighted by molar-refractivity contribution is -0.122. The van der Waals surface area contributed by atoms with Gasteiger partial charge in [-0.2, -0.15) is 0 Å². The van der Waals surface area contributed by atoms with Crippen molar-refractivity contribution in [2.45, 2.75) is 44.7 Å². The molecule has 1 atom stereocenters. The summed E-state index contributed by atoms with van der Waals surface area (Å²) in [6, 6.07) is 16.5. The predicted molar refractivity (Wildman–Crippen MR) is 123 cm³/mol. The molecule has 2 aliphatic rings. The Morgan fingerprint density at radius 1 is 0.969 bits per heavy atom. The van der Waals surface area contributed by atoms with Crippen molar-refractivity contribution in [3.63, 3.8) is 0 Å². The summed E-state index contributed by atoms with van der Waals surface area (Å²) in [5, 5.41) is 3.21. The molecule has 0 unspecified atom stereocenters. The second-order valence-corrected chi connectivity index (χ2v) is 9.06. The van der Waals surface area contributed by atoms with Crippen molar-refractivity contribution in [3.8, 4) is 0 Å². The van der Waals surface area contributed by atoms with Crippen LogP contribution in [0.4, 0.5) is 4.39 Å². The van der Waals surface area contributed by atoms with Gasteiger partial charge in [0.2, 0.25) is 5.91 Å². The molecular formula is C26H32FN3O2. The minimum Gasteiger partial charge on any atom is -0.352 e. The lowest BCUT2D eigenvalue weighted by Gasteiger charge is -2.32. The number of benzene rings is 2. The molecule has 0 spiro atoms. The van der Waals surface area contributed by atoms with Crippen LogP contribution in [0.5, 0.6) is 0 Å². The molecule has 2 aliphatic heterocycles. The lowest BCUT2D eigenvalue weighted by Crippen LogP contribution is -2.39. The average Bonchev–Trinajstić information content (AvgIpc) is 3.24. The van der Waals surface area contributed by atoms with Crippen molar-refractivity contribution in [2.24, 2.45) is 5.92 Å². The molecule has 6 heteroatoms. The first-order valence-corrected chi connectivity index (χ1v) is 11.7. The molecule has 2 saturated heterocycles. The van der Waals surface area contributed by atoms with Gasteiger partial charge in [0.1, 0.15) is 5.82 Å². The van der Waals surface area contributed by atoms with Gasteiger partial charge in [-0.25, -0.2) is 4.39 Å². The van der Waals surface area contributed by atoms with Gasteiger partial charge in [-0.3, -0.25) is 14.5 Å². The Morgan fingerprint density at radius 3 is 2.50 bits per heavy atom. The highest BCUT2D eigenvalue weighted by atomic mass is 19.1. The Kier molecular flexibility index (Phi) is 7.53. The highest BCUT2D eigenvalue weighted by Gasteiger charge is 2.26. The van der Waals surface area contributed by atoms with E-state index in [2.05, 4.69) is 34.5 Å². The van der Waals surface area contributed by atoms with E-state index in [1.807, 2.05) is 6.07 Å². The second-order valence-electron chi connectivity index (χ2n) is 9.06. The molecule has 2 aromatic rings. The van der Waals surface area contributed by atoms with Crippen molar-refractivity contribution in [1.29, 1.82) is 0 Å². The zero-order valence-electron chi connectivity index (χ0n) is 18.5. The highest BCUT2D eigenvalue weighted by molar-refractivity contribution is 5.94. The summed E-state index contributed by atoms with van der Waals surface area (Å²) in [5.41, 5.74) is 1.71. The van der Waals surface area contributed by atoms with Gasteiger partial charge in [-0.1, -0.05) is 36.4 Å². The minimum atomic E-state index is -0.387. The van der Waals surface area contributed by atoms with Crippen molar-refractivity contribution in [3.05, 3.63) is 71.5 Å². The van der Waals surface area contributed by atoms with E-state index in [0.717, 1.165) is 45.3 Å². The van der Waals surface area contributed by atoms with Crippen LogP contribution < -0.4 is 5.32 Å². The van der Waals surface area contributed by atoms with Crippen LogP contribution in [-0.2, 0) is 11.3 Å². The summed E-state index contributed by atoms with van der Waals surface area (Å²) in [6.45, 7) is 4.18. The number of nitrogens with one attached hydrogen (secondary N) is 1.